The Morgan fingerprint density at radius 3 is 2.64 bits per heavy atom. The maximum absolute atomic E-state index is 12.2. The molecule has 0 fully saturated rings. The first-order valence-electron chi connectivity index (χ1n) is 8.01. The Bertz CT molecular complexity index is 644. The fraction of sp³-hybridized carbons (Fsp3) is 0.412. The molecular weight excluding hydrogens is 328 g/mol. The molecule has 136 valence electrons. The van der Waals surface area contributed by atoms with Crippen molar-refractivity contribution in [2.45, 2.75) is 19.8 Å². The lowest BCUT2D eigenvalue weighted by Crippen LogP contribution is -2.43. The molecule has 0 atom stereocenters. The number of hydrogen-bond acceptors (Lipinski definition) is 6. The highest BCUT2D eigenvalue weighted by Crippen LogP contribution is 2.28. The molecular formula is C17H22N2O6. The summed E-state index contributed by atoms with van der Waals surface area (Å²) in [6.45, 7) is 3.31. The molecule has 1 aliphatic heterocycles. The second-order valence-electron chi connectivity index (χ2n) is 5.18. The van der Waals surface area contributed by atoms with Gasteiger partial charge in [0.05, 0.1) is 13.7 Å². The zero-order valence-electron chi connectivity index (χ0n) is 14.3. The van der Waals surface area contributed by atoms with Crippen LogP contribution < -0.4 is 20.3 Å². The van der Waals surface area contributed by atoms with Gasteiger partial charge in [-0.1, -0.05) is 13.3 Å². The highest BCUT2D eigenvalue weighted by atomic mass is 16.6. The van der Waals surface area contributed by atoms with Crippen LogP contribution in [0.5, 0.6) is 11.5 Å². The molecule has 0 unspecified atom stereocenters. The number of hydrazine groups is 1. The standard InChI is InChI=1S/C17H22N2O6/c1-3-4-7-24-13-6-5-12(10-14(13)22-2)16(20)18-19-17(21)15-11-23-8-9-25-15/h5-6,10-11H,3-4,7-9H2,1-2H3,(H,18,20)(H,19,21). The average molecular weight is 350 g/mol. The zero-order valence-corrected chi connectivity index (χ0v) is 14.3. The zero-order chi connectivity index (χ0) is 18.1. The second-order valence-corrected chi connectivity index (χ2v) is 5.18. The summed E-state index contributed by atoms with van der Waals surface area (Å²) >= 11 is 0. The monoisotopic (exact) mass is 350 g/mol. The molecule has 8 heteroatoms. The van der Waals surface area contributed by atoms with Gasteiger partial charge in [0.25, 0.3) is 5.91 Å². The first-order chi connectivity index (χ1) is 12.2. The molecule has 0 saturated carbocycles. The van der Waals surface area contributed by atoms with Gasteiger partial charge in [0.15, 0.2) is 11.5 Å². The van der Waals surface area contributed by atoms with E-state index >= 15 is 0 Å². The number of carbonyl (C=O) groups is 2. The lowest BCUT2D eigenvalue weighted by Gasteiger charge is -2.15. The van der Waals surface area contributed by atoms with E-state index in [2.05, 4.69) is 17.8 Å². The molecule has 1 aromatic carbocycles. The van der Waals surface area contributed by atoms with E-state index in [4.69, 9.17) is 18.9 Å². The van der Waals surface area contributed by atoms with Crippen LogP contribution in [-0.4, -0.2) is 38.7 Å². The first kappa shape index (κ1) is 18.4. The van der Waals surface area contributed by atoms with E-state index in [1.165, 1.54) is 13.4 Å². The number of unbranched alkanes of at least 4 members (excludes halogenated alkanes) is 1. The van der Waals surface area contributed by atoms with Crippen molar-refractivity contribution in [1.29, 1.82) is 0 Å². The van der Waals surface area contributed by atoms with E-state index in [-0.39, 0.29) is 12.4 Å². The third kappa shape index (κ3) is 5.30. The van der Waals surface area contributed by atoms with E-state index in [1.54, 1.807) is 18.2 Å². The Hall–Kier alpha value is -2.90. The molecule has 0 bridgehead atoms. The van der Waals surface area contributed by atoms with E-state index in [0.717, 1.165) is 12.8 Å². The van der Waals surface area contributed by atoms with Crippen LogP contribution in [0.25, 0.3) is 0 Å². The summed E-state index contributed by atoms with van der Waals surface area (Å²) in [5.41, 5.74) is 4.88. The summed E-state index contributed by atoms with van der Waals surface area (Å²) < 4.78 is 21.0. The van der Waals surface area contributed by atoms with Gasteiger partial charge < -0.3 is 18.9 Å². The molecule has 1 aromatic rings. The van der Waals surface area contributed by atoms with Crippen LogP contribution >= 0.6 is 0 Å². The Balaban J connectivity index is 1.94. The van der Waals surface area contributed by atoms with Crippen LogP contribution in [0, 0.1) is 0 Å². The van der Waals surface area contributed by atoms with Crippen molar-refractivity contribution in [3.63, 3.8) is 0 Å². The molecule has 0 aliphatic carbocycles. The lowest BCUT2D eigenvalue weighted by atomic mass is 10.2. The predicted molar refractivity (Wildman–Crippen MR) is 89.0 cm³/mol. The normalized spacial score (nSPS) is 13.0. The van der Waals surface area contributed by atoms with Gasteiger partial charge in [-0.05, 0) is 24.6 Å². The number of hydrogen-bond donors (Lipinski definition) is 2. The van der Waals surface area contributed by atoms with E-state index in [9.17, 15) is 9.59 Å². The summed E-state index contributed by atoms with van der Waals surface area (Å²) in [4.78, 5) is 24.0. The number of carbonyl (C=O) groups excluding carboxylic acids is 2. The van der Waals surface area contributed by atoms with Crippen LogP contribution in [0.4, 0.5) is 0 Å². The minimum atomic E-state index is -0.598. The van der Waals surface area contributed by atoms with Crippen LogP contribution in [0.15, 0.2) is 30.2 Å². The molecule has 0 radical (unpaired) electrons. The highest BCUT2D eigenvalue weighted by Gasteiger charge is 2.17. The minimum absolute atomic E-state index is 0.00352. The van der Waals surface area contributed by atoms with Gasteiger partial charge in [-0.25, -0.2) is 0 Å². The van der Waals surface area contributed by atoms with Gasteiger partial charge in [0, 0.05) is 5.56 Å². The maximum atomic E-state index is 12.2. The third-order valence-corrected chi connectivity index (χ3v) is 3.34. The molecule has 2 rings (SSSR count). The summed E-state index contributed by atoms with van der Waals surface area (Å²) in [5.74, 6) is -0.0799. The quantitative estimate of drug-likeness (QED) is 0.572. The first-order valence-corrected chi connectivity index (χ1v) is 8.01. The summed E-state index contributed by atoms with van der Waals surface area (Å²) in [6, 6.07) is 4.79. The molecule has 8 nitrogen and oxygen atoms in total. The highest BCUT2D eigenvalue weighted by molar-refractivity contribution is 5.98. The van der Waals surface area contributed by atoms with Crippen molar-refractivity contribution in [3.05, 3.63) is 35.8 Å². The molecule has 1 heterocycles. The summed E-state index contributed by atoms with van der Waals surface area (Å²) in [7, 11) is 1.50. The second kappa shape index (κ2) is 9.41. The Morgan fingerprint density at radius 2 is 1.96 bits per heavy atom. The van der Waals surface area contributed by atoms with Crippen molar-refractivity contribution >= 4 is 11.8 Å². The van der Waals surface area contributed by atoms with Crippen molar-refractivity contribution in [3.8, 4) is 11.5 Å². The Kier molecular flexibility index (Phi) is 6.94. The van der Waals surface area contributed by atoms with E-state index in [1.807, 2.05) is 0 Å². The molecule has 2 amide bonds. The number of ether oxygens (including phenoxy) is 4. The van der Waals surface area contributed by atoms with Gasteiger partial charge in [-0.15, -0.1) is 0 Å². The SMILES string of the molecule is CCCCOc1ccc(C(=O)NNC(=O)C2=COCCO2)cc1OC. The van der Waals surface area contributed by atoms with Gasteiger partial charge in [-0.3, -0.25) is 20.4 Å². The molecule has 2 N–H and O–H groups in total. The Labute approximate surface area is 146 Å². The molecule has 0 spiro atoms. The number of nitrogens with one attached hydrogen (secondary N) is 2. The molecule has 25 heavy (non-hydrogen) atoms. The number of rotatable bonds is 7. The van der Waals surface area contributed by atoms with E-state index in [0.29, 0.717) is 30.3 Å². The number of methoxy groups -OCH3 is 1. The average Bonchev–Trinajstić information content (AvgIpc) is 2.66. The third-order valence-electron chi connectivity index (χ3n) is 3.34. The van der Waals surface area contributed by atoms with Gasteiger partial charge >= 0.3 is 5.91 Å². The fourth-order valence-corrected chi connectivity index (χ4v) is 1.99. The maximum Gasteiger partial charge on any atom is 0.308 e. The predicted octanol–water partition coefficient (Wildman–Crippen LogP) is 1.52. The van der Waals surface area contributed by atoms with Gasteiger partial charge in [-0.2, -0.15) is 0 Å². The van der Waals surface area contributed by atoms with Crippen LogP contribution in [0.3, 0.4) is 0 Å². The Morgan fingerprint density at radius 1 is 1.16 bits per heavy atom. The van der Waals surface area contributed by atoms with Crippen molar-refractivity contribution in [2.24, 2.45) is 0 Å². The van der Waals surface area contributed by atoms with Gasteiger partial charge in [0.2, 0.25) is 5.76 Å². The van der Waals surface area contributed by atoms with Crippen LogP contribution in [-0.2, 0) is 14.3 Å². The van der Waals surface area contributed by atoms with E-state index < -0.39 is 11.8 Å². The number of amides is 2. The molecule has 1 aliphatic rings. The van der Waals surface area contributed by atoms with Crippen molar-refractivity contribution in [2.75, 3.05) is 26.9 Å². The minimum Gasteiger partial charge on any atom is -0.494 e. The van der Waals surface area contributed by atoms with Crippen molar-refractivity contribution < 1.29 is 28.5 Å². The summed E-state index contributed by atoms with van der Waals surface area (Å²) in [5, 5.41) is 0. The molecule has 0 aromatic heterocycles. The lowest BCUT2D eigenvalue weighted by molar-refractivity contribution is -0.123. The van der Waals surface area contributed by atoms with Crippen molar-refractivity contribution in [1.82, 2.24) is 10.9 Å². The smallest absolute Gasteiger partial charge is 0.308 e. The fourth-order valence-electron chi connectivity index (χ4n) is 1.99. The molecule has 0 saturated heterocycles. The van der Waals surface area contributed by atoms with Gasteiger partial charge in [0.1, 0.15) is 19.5 Å². The van der Waals surface area contributed by atoms with Crippen LogP contribution in [0.2, 0.25) is 0 Å². The number of benzene rings is 1. The summed E-state index contributed by atoms with van der Waals surface area (Å²) in [6.07, 6.45) is 3.16. The topological polar surface area (TPSA) is 95.1 Å². The largest absolute Gasteiger partial charge is 0.494 e. The van der Waals surface area contributed by atoms with Crippen LogP contribution in [0.1, 0.15) is 30.1 Å².